The maximum absolute atomic E-state index is 12.0. The summed E-state index contributed by atoms with van der Waals surface area (Å²) in [6.07, 6.45) is 0. The van der Waals surface area contributed by atoms with Crippen LogP contribution in [0, 0.1) is 0 Å². The normalized spacial score (nSPS) is 16.1. The van der Waals surface area contributed by atoms with E-state index in [0.717, 1.165) is 17.2 Å². The van der Waals surface area contributed by atoms with E-state index in [9.17, 15) is 9.59 Å². The number of hydrogen-bond donors (Lipinski definition) is 1. The lowest BCUT2D eigenvalue weighted by atomic mass is 10.2. The predicted molar refractivity (Wildman–Crippen MR) is 71.7 cm³/mol. The molecule has 0 spiro atoms. The monoisotopic (exact) mass is 283 g/mol. The number of carbonyl (C=O) groups is 2. The van der Waals surface area contributed by atoms with E-state index in [2.05, 4.69) is 14.9 Å². The summed E-state index contributed by atoms with van der Waals surface area (Å²) < 4.78 is 3.88. The molecule has 0 radical (unpaired) electrons. The third-order valence-electron chi connectivity index (χ3n) is 3.01. The van der Waals surface area contributed by atoms with Crippen LogP contribution in [0.1, 0.15) is 19.5 Å². The highest BCUT2D eigenvalue weighted by atomic mass is 32.1. The molecule has 0 aromatic carbocycles. The number of nitrogens with one attached hydrogen (secondary N) is 1. The van der Waals surface area contributed by atoms with Gasteiger partial charge in [0.25, 0.3) is 0 Å². The first-order chi connectivity index (χ1) is 9.17. The van der Waals surface area contributed by atoms with Crippen molar-refractivity contribution in [1.29, 1.82) is 0 Å². The number of amides is 2. The fraction of sp³-hybridized carbons (Fsp3) is 0.636. The molecule has 1 aromatic heterocycles. The summed E-state index contributed by atoms with van der Waals surface area (Å²) in [6.45, 7) is 6.65. The minimum Gasteiger partial charge on any atom is -0.374 e. The molecule has 19 heavy (non-hydrogen) atoms. The number of carbonyl (C=O) groups excluding carboxylic acids is 2. The molecule has 1 fully saturated rings. The van der Waals surface area contributed by atoms with Gasteiger partial charge in [-0.15, -0.1) is 5.10 Å². The molecule has 0 aliphatic carbocycles. The molecule has 0 unspecified atom stereocenters. The lowest BCUT2D eigenvalue weighted by Gasteiger charge is -2.32. The summed E-state index contributed by atoms with van der Waals surface area (Å²) >= 11 is 1.26. The summed E-state index contributed by atoms with van der Waals surface area (Å²) in [6, 6.07) is 0. The molecule has 1 N–H and O–H groups in total. The van der Waals surface area contributed by atoms with Gasteiger partial charge in [-0.05, 0) is 13.8 Å². The standard InChI is InChI=1S/C11H17N5O2S/c1-3-12-9-8(13-14-19-9)7-16-6-5-15(4-2)10(17)11(16)18/h12H,3-7H2,1-2H3. The highest BCUT2D eigenvalue weighted by Gasteiger charge is 2.32. The molecular formula is C11H17N5O2S. The van der Waals surface area contributed by atoms with E-state index in [1.54, 1.807) is 4.90 Å². The van der Waals surface area contributed by atoms with Crippen LogP contribution in [0.15, 0.2) is 0 Å². The minimum absolute atomic E-state index is 0.334. The van der Waals surface area contributed by atoms with Crippen molar-refractivity contribution in [2.45, 2.75) is 20.4 Å². The molecule has 0 atom stereocenters. The number of aromatic nitrogens is 2. The van der Waals surface area contributed by atoms with Gasteiger partial charge in [-0.2, -0.15) is 0 Å². The highest BCUT2D eigenvalue weighted by Crippen LogP contribution is 2.20. The Morgan fingerprint density at radius 2 is 1.89 bits per heavy atom. The van der Waals surface area contributed by atoms with Gasteiger partial charge in [-0.25, -0.2) is 0 Å². The molecule has 1 aliphatic rings. The Hall–Kier alpha value is -1.70. The maximum Gasteiger partial charge on any atom is 0.312 e. The van der Waals surface area contributed by atoms with Crippen molar-refractivity contribution in [2.24, 2.45) is 0 Å². The van der Waals surface area contributed by atoms with Crippen LogP contribution in [-0.4, -0.2) is 57.4 Å². The minimum atomic E-state index is -0.455. The van der Waals surface area contributed by atoms with Gasteiger partial charge in [-0.3, -0.25) is 9.59 Å². The zero-order valence-corrected chi connectivity index (χ0v) is 11.9. The Bertz CT molecular complexity index is 475. The van der Waals surface area contributed by atoms with Gasteiger partial charge in [0.2, 0.25) is 0 Å². The maximum atomic E-state index is 12.0. The summed E-state index contributed by atoms with van der Waals surface area (Å²) in [5, 5.41) is 8.03. The smallest absolute Gasteiger partial charge is 0.312 e. The lowest BCUT2D eigenvalue weighted by Crippen LogP contribution is -2.53. The third-order valence-corrected chi connectivity index (χ3v) is 3.74. The van der Waals surface area contributed by atoms with Crippen LogP contribution in [-0.2, 0) is 16.1 Å². The fourth-order valence-electron chi connectivity index (χ4n) is 1.96. The third kappa shape index (κ3) is 2.83. The van der Waals surface area contributed by atoms with Gasteiger partial charge in [0.1, 0.15) is 10.7 Å². The van der Waals surface area contributed by atoms with Crippen LogP contribution >= 0.6 is 11.5 Å². The van der Waals surface area contributed by atoms with Gasteiger partial charge in [0.15, 0.2) is 0 Å². The lowest BCUT2D eigenvalue weighted by molar-refractivity contribution is -0.156. The van der Waals surface area contributed by atoms with Crippen LogP contribution in [0.3, 0.4) is 0 Å². The number of likely N-dealkylation sites (N-methyl/N-ethyl adjacent to an activating group) is 1. The van der Waals surface area contributed by atoms with Crippen LogP contribution in [0.2, 0.25) is 0 Å². The Morgan fingerprint density at radius 1 is 1.21 bits per heavy atom. The predicted octanol–water partition coefficient (Wildman–Crippen LogP) is 0.161. The summed E-state index contributed by atoms with van der Waals surface area (Å²) in [5.41, 5.74) is 0.720. The number of rotatable bonds is 5. The van der Waals surface area contributed by atoms with E-state index in [1.807, 2.05) is 13.8 Å². The van der Waals surface area contributed by atoms with E-state index in [0.29, 0.717) is 26.2 Å². The Morgan fingerprint density at radius 3 is 2.58 bits per heavy atom. The SMILES string of the molecule is CCNc1snnc1CN1CCN(CC)C(=O)C1=O. The first kappa shape index (κ1) is 13.7. The van der Waals surface area contributed by atoms with Gasteiger partial charge < -0.3 is 15.1 Å². The molecule has 2 rings (SSSR count). The molecule has 0 bridgehead atoms. The largest absolute Gasteiger partial charge is 0.374 e. The van der Waals surface area contributed by atoms with Gasteiger partial charge in [0.05, 0.1) is 6.54 Å². The number of piperazine rings is 1. The average Bonchev–Trinajstić information content (AvgIpc) is 2.83. The number of anilines is 1. The van der Waals surface area contributed by atoms with Crippen LogP contribution < -0.4 is 5.32 Å². The van der Waals surface area contributed by atoms with Crippen LogP contribution in [0.4, 0.5) is 5.00 Å². The van der Waals surface area contributed by atoms with Crippen LogP contribution in [0.25, 0.3) is 0 Å². The summed E-state index contributed by atoms with van der Waals surface area (Å²) in [5.74, 6) is -0.884. The zero-order valence-electron chi connectivity index (χ0n) is 11.0. The molecule has 2 amide bonds. The highest BCUT2D eigenvalue weighted by molar-refractivity contribution is 7.10. The van der Waals surface area contributed by atoms with Crippen molar-refractivity contribution in [1.82, 2.24) is 19.4 Å². The fourth-order valence-corrected chi connectivity index (χ4v) is 2.60. The van der Waals surface area contributed by atoms with Crippen molar-refractivity contribution in [3.8, 4) is 0 Å². The summed E-state index contributed by atoms with van der Waals surface area (Å²) in [7, 11) is 0. The van der Waals surface area contributed by atoms with Crippen molar-refractivity contribution in [3.63, 3.8) is 0 Å². The molecule has 1 aromatic rings. The molecule has 1 aliphatic heterocycles. The van der Waals surface area contributed by atoms with E-state index < -0.39 is 11.8 Å². The van der Waals surface area contributed by atoms with Crippen molar-refractivity contribution in [3.05, 3.63) is 5.69 Å². The van der Waals surface area contributed by atoms with E-state index in [1.165, 1.54) is 16.4 Å². The second-order valence-electron chi connectivity index (χ2n) is 4.19. The second kappa shape index (κ2) is 5.96. The van der Waals surface area contributed by atoms with E-state index >= 15 is 0 Å². The number of hydrogen-bond acceptors (Lipinski definition) is 6. The van der Waals surface area contributed by atoms with Gasteiger partial charge >= 0.3 is 11.8 Å². The van der Waals surface area contributed by atoms with Gasteiger partial charge in [0, 0.05) is 37.7 Å². The topological polar surface area (TPSA) is 78.4 Å². The van der Waals surface area contributed by atoms with Crippen LogP contribution in [0.5, 0.6) is 0 Å². The molecule has 2 heterocycles. The molecule has 7 nitrogen and oxygen atoms in total. The van der Waals surface area contributed by atoms with E-state index in [4.69, 9.17) is 0 Å². The van der Waals surface area contributed by atoms with E-state index in [-0.39, 0.29) is 0 Å². The van der Waals surface area contributed by atoms with Crippen molar-refractivity contribution < 1.29 is 9.59 Å². The Labute approximate surface area is 115 Å². The Balaban J connectivity index is 2.05. The molecule has 1 saturated heterocycles. The number of nitrogens with zero attached hydrogens (tertiary/aromatic N) is 4. The molecular weight excluding hydrogens is 266 g/mol. The summed E-state index contributed by atoms with van der Waals surface area (Å²) in [4.78, 5) is 26.8. The van der Waals surface area contributed by atoms with Crippen molar-refractivity contribution >= 4 is 28.3 Å². The van der Waals surface area contributed by atoms with Crippen molar-refractivity contribution in [2.75, 3.05) is 31.5 Å². The second-order valence-corrected chi connectivity index (χ2v) is 4.94. The molecule has 0 saturated carbocycles. The first-order valence-corrected chi connectivity index (χ1v) is 7.08. The van der Waals surface area contributed by atoms with Gasteiger partial charge in [-0.1, -0.05) is 4.49 Å². The average molecular weight is 283 g/mol. The first-order valence-electron chi connectivity index (χ1n) is 6.30. The molecule has 104 valence electrons. The Kier molecular flexibility index (Phi) is 4.31. The zero-order chi connectivity index (χ0) is 13.8. The molecule has 8 heteroatoms. The quantitative estimate of drug-likeness (QED) is 0.779.